The van der Waals surface area contributed by atoms with Crippen molar-refractivity contribution < 1.29 is 4.74 Å². The van der Waals surface area contributed by atoms with Crippen molar-refractivity contribution in [2.75, 3.05) is 0 Å². The van der Waals surface area contributed by atoms with Crippen LogP contribution in [0.5, 0.6) is 5.75 Å². The second-order valence-electron chi connectivity index (χ2n) is 5.61. The summed E-state index contributed by atoms with van der Waals surface area (Å²) in [6, 6.07) is 9.25. The van der Waals surface area contributed by atoms with Crippen LogP contribution in [0.3, 0.4) is 0 Å². The quantitative estimate of drug-likeness (QED) is 0.847. The lowest BCUT2D eigenvalue weighted by atomic mass is 10.1. The van der Waals surface area contributed by atoms with Crippen LogP contribution in [0, 0.1) is 0 Å². The number of hydrogen-bond donors (Lipinski definition) is 1. The van der Waals surface area contributed by atoms with Crippen LogP contribution in [0.15, 0.2) is 24.3 Å². The molecule has 1 N–H and O–H groups in total. The van der Waals surface area contributed by atoms with Gasteiger partial charge in [-0.3, -0.25) is 0 Å². The Balaban J connectivity index is 2.08. The van der Waals surface area contributed by atoms with Crippen LogP contribution in [-0.4, -0.2) is 12.1 Å². The normalized spacial score (nSPS) is 18.2. The third kappa shape index (κ3) is 3.49. The molecule has 1 aromatic carbocycles. The zero-order chi connectivity index (χ0) is 13.0. The van der Waals surface area contributed by atoms with Crippen LogP contribution in [0.4, 0.5) is 0 Å². The molecular formula is C16H25NO. The maximum absolute atomic E-state index is 6.17. The summed E-state index contributed by atoms with van der Waals surface area (Å²) in [4.78, 5) is 0. The first kappa shape index (κ1) is 13.4. The molecule has 0 amide bonds. The van der Waals surface area contributed by atoms with Crippen LogP contribution in [-0.2, 0) is 0 Å². The summed E-state index contributed by atoms with van der Waals surface area (Å²) in [6.07, 6.45) is 5.47. The van der Waals surface area contributed by atoms with Gasteiger partial charge in [0.15, 0.2) is 0 Å². The SMILES string of the molecule is CC(C)N[C@@H](C)c1ccccc1OC1CCCC1. The van der Waals surface area contributed by atoms with Crippen molar-refractivity contribution in [1.29, 1.82) is 0 Å². The maximum Gasteiger partial charge on any atom is 0.124 e. The van der Waals surface area contributed by atoms with Crippen LogP contribution in [0.2, 0.25) is 0 Å². The maximum atomic E-state index is 6.17. The van der Waals surface area contributed by atoms with Crippen molar-refractivity contribution >= 4 is 0 Å². The molecule has 0 unspecified atom stereocenters. The molecular weight excluding hydrogens is 222 g/mol. The Bertz CT molecular complexity index is 369. The van der Waals surface area contributed by atoms with E-state index >= 15 is 0 Å². The van der Waals surface area contributed by atoms with E-state index in [0.29, 0.717) is 18.2 Å². The van der Waals surface area contributed by atoms with Gasteiger partial charge in [-0.05, 0) is 38.7 Å². The van der Waals surface area contributed by atoms with Crippen molar-refractivity contribution in [1.82, 2.24) is 5.32 Å². The minimum atomic E-state index is 0.336. The summed E-state index contributed by atoms with van der Waals surface area (Å²) in [5.74, 6) is 1.06. The topological polar surface area (TPSA) is 21.3 Å². The van der Waals surface area contributed by atoms with Crippen LogP contribution < -0.4 is 10.1 Å². The lowest BCUT2D eigenvalue weighted by Gasteiger charge is -2.22. The Morgan fingerprint density at radius 3 is 2.44 bits per heavy atom. The van der Waals surface area contributed by atoms with Crippen LogP contribution in [0.1, 0.15) is 58.1 Å². The fraction of sp³-hybridized carbons (Fsp3) is 0.625. The van der Waals surface area contributed by atoms with E-state index in [-0.39, 0.29) is 0 Å². The van der Waals surface area contributed by atoms with E-state index in [0.717, 1.165) is 5.75 Å². The van der Waals surface area contributed by atoms with E-state index < -0.39 is 0 Å². The van der Waals surface area contributed by atoms with Gasteiger partial charge in [0.25, 0.3) is 0 Å². The van der Waals surface area contributed by atoms with Gasteiger partial charge in [0.1, 0.15) is 5.75 Å². The average Bonchev–Trinajstić information content (AvgIpc) is 2.81. The minimum Gasteiger partial charge on any atom is -0.490 e. The number of nitrogens with one attached hydrogen (secondary N) is 1. The Kier molecular flexibility index (Phi) is 4.65. The zero-order valence-corrected chi connectivity index (χ0v) is 11.8. The zero-order valence-electron chi connectivity index (χ0n) is 11.8. The molecule has 0 spiro atoms. The summed E-state index contributed by atoms with van der Waals surface area (Å²) >= 11 is 0. The average molecular weight is 247 g/mol. The van der Waals surface area contributed by atoms with Gasteiger partial charge in [-0.25, -0.2) is 0 Å². The summed E-state index contributed by atoms with van der Waals surface area (Å²) in [6.45, 7) is 6.56. The standard InChI is InChI=1S/C16H25NO/c1-12(2)17-13(3)15-10-6-7-11-16(15)18-14-8-4-5-9-14/h6-7,10-14,17H,4-5,8-9H2,1-3H3/t13-/m0/s1. The molecule has 0 heterocycles. The lowest BCUT2D eigenvalue weighted by molar-refractivity contribution is 0.206. The predicted octanol–water partition coefficient (Wildman–Crippen LogP) is 4.07. The molecule has 1 aliphatic carbocycles. The molecule has 0 radical (unpaired) electrons. The molecule has 1 aliphatic rings. The third-order valence-electron chi connectivity index (χ3n) is 3.56. The summed E-state index contributed by atoms with van der Waals surface area (Å²) in [5.41, 5.74) is 1.28. The van der Waals surface area contributed by atoms with Gasteiger partial charge in [-0.2, -0.15) is 0 Å². The highest BCUT2D eigenvalue weighted by molar-refractivity contribution is 5.35. The Morgan fingerprint density at radius 2 is 1.78 bits per heavy atom. The fourth-order valence-electron chi connectivity index (χ4n) is 2.72. The second-order valence-corrected chi connectivity index (χ2v) is 5.61. The molecule has 0 aromatic heterocycles. The highest BCUT2D eigenvalue weighted by Crippen LogP contribution is 2.29. The predicted molar refractivity (Wildman–Crippen MR) is 76.0 cm³/mol. The molecule has 1 saturated carbocycles. The summed E-state index contributed by atoms with van der Waals surface area (Å²) < 4.78 is 6.17. The summed E-state index contributed by atoms with van der Waals surface area (Å²) in [5, 5.41) is 3.54. The van der Waals surface area contributed by atoms with E-state index in [1.54, 1.807) is 0 Å². The van der Waals surface area contributed by atoms with Crippen molar-refractivity contribution in [2.24, 2.45) is 0 Å². The van der Waals surface area contributed by atoms with E-state index in [4.69, 9.17) is 4.74 Å². The minimum absolute atomic E-state index is 0.336. The van der Waals surface area contributed by atoms with Crippen molar-refractivity contribution in [2.45, 2.75) is 64.6 Å². The molecule has 1 aromatic rings. The van der Waals surface area contributed by atoms with Crippen LogP contribution in [0.25, 0.3) is 0 Å². The van der Waals surface area contributed by atoms with Gasteiger partial charge in [-0.15, -0.1) is 0 Å². The Labute approximate surface area is 111 Å². The molecule has 1 fully saturated rings. The van der Waals surface area contributed by atoms with Crippen molar-refractivity contribution in [3.8, 4) is 5.75 Å². The molecule has 2 heteroatoms. The number of hydrogen-bond acceptors (Lipinski definition) is 2. The second kappa shape index (κ2) is 6.24. The van der Waals surface area contributed by atoms with Gasteiger partial charge < -0.3 is 10.1 Å². The van der Waals surface area contributed by atoms with E-state index in [1.165, 1.54) is 31.2 Å². The van der Waals surface area contributed by atoms with Crippen LogP contribution >= 0.6 is 0 Å². The molecule has 100 valence electrons. The fourth-order valence-corrected chi connectivity index (χ4v) is 2.72. The van der Waals surface area contributed by atoms with E-state index in [2.05, 4.69) is 50.4 Å². The van der Waals surface area contributed by atoms with Crippen molar-refractivity contribution in [3.05, 3.63) is 29.8 Å². The monoisotopic (exact) mass is 247 g/mol. The van der Waals surface area contributed by atoms with Gasteiger partial charge in [0.2, 0.25) is 0 Å². The number of para-hydroxylation sites is 1. The first-order valence-electron chi connectivity index (χ1n) is 7.18. The van der Waals surface area contributed by atoms with Gasteiger partial charge in [0.05, 0.1) is 6.10 Å². The Hall–Kier alpha value is -1.02. The largest absolute Gasteiger partial charge is 0.490 e. The highest BCUT2D eigenvalue weighted by atomic mass is 16.5. The number of rotatable bonds is 5. The molecule has 0 bridgehead atoms. The van der Waals surface area contributed by atoms with Crippen molar-refractivity contribution in [3.63, 3.8) is 0 Å². The third-order valence-corrected chi connectivity index (χ3v) is 3.56. The van der Waals surface area contributed by atoms with Gasteiger partial charge >= 0.3 is 0 Å². The molecule has 0 aliphatic heterocycles. The first-order valence-corrected chi connectivity index (χ1v) is 7.18. The first-order chi connectivity index (χ1) is 8.66. The number of benzene rings is 1. The molecule has 18 heavy (non-hydrogen) atoms. The molecule has 1 atom stereocenters. The van der Waals surface area contributed by atoms with Gasteiger partial charge in [-0.1, -0.05) is 32.0 Å². The number of ether oxygens (including phenoxy) is 1. The Morgan fingerprint density at radius 1 is 1.11 bits per heavy atom. The summed E-state index contributed by atoms with van der Waals surface area (Å²) in [7, 11) is 0. The molecule has 2 rings (SSSR count). The smallest absolute Gasteiger partial charge is 0.124 e. The molecule has 2 nitrogen and oxygen atoms in total. The molecule has 0 saturated heterocycles. The van der Waals surface area contributed by atoms with E-state index in [9.17, 15) is 0 Å². The highest BCUT2D eigenvalue weighted by Gasteiger charge is 2.19. The van der Waals surface area contributed by atoms with E-state index in [1.807, 2.05) is 0 Å². The van der Waals surface area contributed by atoms with Gasteiger partial charge in [0, 0.05) is 17.6 Å². The lowest BCUT2D eigenvalue weighted by Crippen LogP contribution is -2.26.